The largest absolute Gasteiger partial charge is 0.497 e. The van der Waals surface area contributed by atoms with Crippen molar-refractivity contribution in [3.05, 3.63) is 53.9 Å². The first kappa shape index (κ1) is 23.5. The van der Waals surface area contributed by atoms with Gasteiger partial charge in [0.1, 0.15) is 24.2 Å². The van der Waals surface area contributed by atoms with Gasteiger partial charge in [0.25, 0.3) is 0 Å². The van der Waals surface area contributed by atoms with Crippen molar-refractivity contribution in [2.75, 3.05) is 39.9 Å². The summed E-state index contributed by atoms with van der Waals surface area (Å²) in [7, 11) is 1.65. The molecule has 1 saturated heterocycles. The molecule has 6 heteroatoms. The lowest BCUT2D eigenvalue weighted by Crippen LogP contribution is -2.37. The average Bonchev–Trinajstić information content (AvgIpc) is 2.78. The van der Waals surface area contributed by atoms with Gasteiger partial charge in [0, 0.05) is 37.1 Å². The summed E-state index contributed by atoms with van der Waals surface area (Å²) in [6.07, 6.45) is 10.5. The minimum absolute atomic E-state index is 0.284. The smallest absolute Gasteiger partial charge is 0.127 e. The van der Waals surface area contributed by atoms with Gasteiger partial charge < -0.3 is 24.8 Å². The fourth-order valence-corrected chi connectivity index (χ4v) is 3.98. The minimum Gasteiger partial charge on any atom is -0.497 e. The average molecular weight is 428 g/mol. The quantitative estimate of drug-likeness (QED) is 0.536. The Morgan fingerprint density at radius 2 is 1.94 bits per heavy atom. The number of nitrogens with zero attached hydrogens (tertiary/aromatic N) is 2. The second-order valence-corrected chi connectivity index (χ2v) is 8.29. The van der Waals surface area contributed by atoms with Gasteiger partial charge in [-0.3, -0.25) is 4.98 Å². The fraction of sp³-hybridized carbons (Fsp3) is 0.560. The van der Waals surface area contributed by atoms with Crippen LogP contribution >= 0.6 is 0 Å². The van der Waals surface area contributed by atoms with E-state index >= 15 is 0 Å². The number of aliphatic hydroxyl groups is 1. The van der Waals surface area contributed by atoms with Crippen molar-refractivity contribution in [2.24, 2.45) is 0 Å². The molecule has 2 N–H and O–H groups in total. The Morgan fingerprint density at radius 1 is 1.13 bits per heavy atom. The van der Waals surface area contributed by atoms with E-state index in [4.69, 9.17) is 9.47 Å². The van der Waals surface area contributed by atoms with Crippen LogP contribution in [0, 0.1) is 0 Å². The predicted molar refractivity (Wildman–Crippen MR) is 124 cm³/mol. The number of likely N-dealkylation sites (tertiary alicyclic amines) is 1. The number of ether oxygens (including phenoxy) is 2. The van der Waals surface area contributed by atoms with Crippen LogP contribution in [-0.4, -0.2) is 61.0 Å². The second kappa shape index (κ2) is 13.3. The Kier molecular flexibility index (Phi) is 10.1. The molecule has 0 unspecified atom stereocenters. The normalized spacial score (nSPS) is 16.3. The number of benzene rings is 1. The van der Waals surface area contributed by atoms with Crippen molar-refractivity contribution in [3.8, 4) is 11.5 Å². The minimum atomic E-state index is -0.503. The van der Waals surface area contributed by atoms with Crippen LogP contribution in [0.2, 0.25) is 0 Å². The number of methoxy groups -OCH3 is 1. The molecule has 170 valence electrons. The number of rotatable bonds is 11. The van der Waals surface area contributed by atoms with E-state index in [9.17, 15) is 5.11 Å². The highest BCUT2D eigenvalue weighted by molar-refractivity contribution is 5.40. The highest BCUT2D eigenvalue weighted by Gasteiger charge is 2.15. The van der Waals surface area contributed by atoms with Crippen molar-refractivity contribution < 1.29 is 14.6 Å². The zero-order chi connectivity index (χ0) is 21.7. The van der Waals surface area contributed by atoms with Crippen molar-refractivity contribution in [2.45, 2.75) is 51.2 Å². The van der Waals surface area contributed by atoms with Gasteiger partial charge in [-0.05, 0) is 56.6 Å². The molecule has 3 rings (SSSR count). The first-order chi connectivity index (χ1) is 15.2. The van der Waals surface area contributed by atoms with Crippen LogP contribution < -0.4 is 14.8 Å². The molecular weight excluding hydrogens is 390 g/mol. The van der Waals surface area contributed by atoms with E-state index in [1.165, 1.54) is 37.7 Å². The molecule has 1 aliphatic heterocycles. The summed E-state index contributed by atoms with van der Waals surface area (Å²) in [6, 6.07) is 9.92. The molecule has 1 aromatic carbocycles. The Labute approximate surface area is 186 Å². The van der Waals surface area contributed by atoms with Crippen LogP contribution in [0.5, 0.6) is 11.5 Å². The summed E-state index contributed by atoms with van der Waals surface area (Å²) in [6.45, 7) is 4.65. The Bertz CT molecular complexity index is 749. The van der Waals surface area contributed by atoms with Crippen LogP contribution in [-0.2, 0) is 13.0 Å². The Morgan fingerprint density at radius 3 is 2.68 bits per heavy atom. The van der Waals surface area contributed by atoms with E-state index in [1.807, 2.05) is 30.5 Å². The van der Waals surface area contributed by atoms with Gasteiger partial charge in [-0.15, -0.1) is 0 Å². The van der Waals surface area contributed by atoms with Crippen LogP contribution in [0.15, 0.2) is 42.7 Å². The van der Waals surface area contributed by atoms with Gasteiger partial charge in [0.2, 0.25) is 0 Å². The maximum absolute atomic E-state index is 10.6. The summed E-state index contributed by atoms with van der Waals surface area (Å²) in [5, 5.41) is 14.0. The summed E-state index contributed by atoms with van der Waals surface area (Å²) in [5.74, 6) is 1.52. The molecule has 0 radical (unpaired) electrons. The summed E-state index contributed by atoms with van der Waals surface area (Å²) < 4.78 is 11.4. The number of hydrogen-bond acceptors (Lipinski definition) is 6. The van der Waals surface area contributed by atoms with Crippen LogP contribution in [0.1, 0.15) is 43.2 Å². The lowest BCUT2D eigenvalue weighted by Gasteiger charge is -2.27. The molecule has 1 fully saturated rings. The van der Waals surface area contributed by atoms with E-state index in [-0.39, 0.29) is 6.61 Å². The van der Waals surface area contributed by atoms with E-state index in [1.54, 1.807) is 13.3 Å². The monoisotopic (exact) mass is 427 g/mol. The topological polar surface area (TPSA) is 66.8 Å². The Hall–Kier alpha value is -2.15. The standard InChI is InChI=1S/C25H37N3O3/c1-30-24-10-9-22(18-27-13-11-21-8-7-12-26-17-21)25(16-24)31-20-23(29)19-28-14-5-3-2-4-6-15-28/h7-10,12,16-17,23,27,29H,2-6,11,13-15,18-20H2,1H3/t23-/m0/s1. The fourth-order valence-electron chi connectivity index (χ4n) is 3.98. The van der Waals surface area contributed by atoms with Crippen molar-refractivity contribution in [3.63, 3.8) is 0 Å². The van der Waals surface area contributed by atoms with Gasteiger partial charge in [-0.25, -0.2) is 0 Å². The van der Waals surface area contributed by atoms with Crippen molar-refractivity contribution in [1.82, 2.24) is 15.2 Å². The summed E-state index contributed by atoms with van der Waals surface area (Å²) in [4.78, 5) is 6.53. The van der Waals surface area contributed by atoms with Crippen LogP contribution in [0.3, 0.4) is 0 Å². The van der Waals surface area contributed by atoms with Crippen LogP contribution in [0.25, 0.3) is 0 Å². The number of aliphatic hydroxyl groups excluding tert-OH is 1. The highest BCUT2D eigenvalue weighted by atomic mass is 16.5. The third kappa shape index (κ3) is 8.48. The summed E-state index contributed by atoms with van der Waals surface area (Å²) >= 11 is 0. The molecule has 0 saturated carbocycles. The van der Waals surface area contributed by atoms with E-state index < -0.39 is 6.10 Å². The molecule has 1 atom stereocenters. The van der Waals surface area contributed by atoms with Gasteiger partial charge in [0.15, 0.2) is 0 Å². The second-order valence-electron chi connectivity index (χ2n) is 8.29. The van der Waals surface area contributed by atoms with Gasteiger partial charge in [0.05, 0.1) is 7.11 Å². The lowest BCUT2D eigenvalue weighted by atomic mass is 10.1. The first-order valence-corrected chi connectivity index (χ1v) is 11.5. The van der Waals surface area contributed by atoms with E-state index in [0.29, 0.717) is 13.1 Å². The predicted octanol–water partition coefficient (Wildman–Crippen LogP) is 3.43. The summed E-state index contributed by atoms with van der Waals surface area (Å²) in [5.41, 5.74) is 2.28. The molecule has 0 aliphatic carbocycles. The van der Waals surface area contributed by atoms with Gasteiger partial charge in [-0.2, -0.15) is 0 Å². The third-order valence-corrected chi connectivity index (χ3v) is 5.75. The SMILES string of the molecule is COc1ccc(CNCCc2cccnc2)c(OC[C@@H](O)CN2CCCCCCC2)c1. The lowest BCUT2D eigenvalue weighted by molar-refractivity contribution is 0.0650. The van der Waals surface area contributed by atoms with E-state index in [2.05, 4.69) is 21.3 Å². The molecule has 2 aromatic rings. The molecule has 31 heavy (non-hydrogen) atoms. The highest BCUT2D eigenvalue weighted by Crippen LogP contribution is 2.25. The number of aromatic nitrogens is 1. The molecule has 2 heterocycles. The molecule has 1 aliphatic rings. The van der Waals surface area contributed by atoms with Gasteiger partial charge >= 0.3 is 0 Å². The number of nitrogens with one attached hydrogen (secondary N) is 1. The molecule has 0 spiro atoms. The zero-order valence-corrected chi connectivity index (χ0v) is 18.8. The maximum Gasteiger partial charge on any atom is 0.127 e. The molecule has 1 aromatic heterocycles. The first-order valence-electron chi connectivity index (χ1n) is 11.5. The number of pyridine rings is 1. The van der Waals surface area contributed by atoms with E-state index in [0.717, 1.165) is 43.1 Å². The Balaban J connectivity index is 1.48. The van der Waals surface area contributed by atoms with Gasteiger partial charge in [-0.1, -0.05) is 31.4 Å². The number of hydrogen-bond donors (Lipinski definition) is 2. The maximum atomic E-state index is 10.6. The molecular formula is C25H37N3O3. The van der Waals surface area contributed by atoms with Crippen LogP contribution in [0.4, 0.5) is 0 Å². The zero-order valence-electron chi connectivity index (χ0n) is 18.8. The molecule has 0 amide bonds. The molecule has 6 nitrogen and oxygen atoms in total. The van der Waals surface area contributed by atoms with Crippen molar-refractivity contribution >= 4 is 0 Å². The third-order valence-electron chi connectivity index (χ3n) is 5.75. The molecule has 0 bridgehead atoms. The van der Waals surface area contributed by atoms with Crippen molar-refractivity contribution in [1.29, 1.82) is 0 Å². The number of β-amino-alcohol motifs (C(OH)–C–C–N with tert-alkyl or cyclic N) is 1.